The lowest BCUT2D eigenvalue weighted by molar-refractivity contribution is -0.135. The number of halogens is 3. The number of ether oxygens (including phenoxy) is 1. The summed E-state index contributed by atoms with van der Waals surface area (Å²) in [4.78, 5) is 65.3. The third-order valence-corrected chi connectivity index (χ3v) is 14.7. The van der Waals surface area contributed by atoms with Crippen molar-refractivity contribution in [3.63, 3.8) is 0 Å². The fourth-order valence-corrected chi connectivity index (χ4v) is 11.2. The molecule has 344 valence electrons. The first kappa shape index (κ1) is 41.9. The number of piperidine rings is 1. The van der Waals surface area contributed by atoms with Crippen LogP contribution >= 0.6 is 0 Å². The lowest BCUT2D eigenvalue weighted by atomic mass is 9.85. The molecule has 6 fully saturated rings. The number of aromatic nitrogens is 7. The Hall–Kier alpha value is -5.80. The van der Waals surface area contributed by atoms with Crippen molar-refractivity contribution in [1.29, 1.82) is 0 Å². The number of nitrogens with one attached hydrogen (secondary N) is 2. The molecule has 2 N–H and O–H groups in total. The Balaban J connectivity index is 0.658. The van der Waals surface area contributed by atoms with Crippen LogP contribution in [0.15, 0.2) is 41.6 Å². The lowest BCUT2D eigenvalue weighted by Gasteiger charge is -2.45. The van der Waals surface area contributed by atoms with E-state index in [1.807, 2.05) is 11.0 Å². The molecule has 3 amide bonds. The van der Waals surface area contributed by atoms with Crippen molar-refractivity contribution < 1.29 is 32.3 Å². The van der Waals surface area contributed by atoms with Crippen LogP contribution in [0.3, 0.4) is 0 Å². The molecule has 5 aromatic rings. The average Bonchev–Trinajstić information content (AvgIpc) is 4.13. The van der Waals surface area contributed by atoms with E-state index in [-0.39, 0.29) is 48.2 Å². The SMILES string of the molecule is Cn1c(=O)n(C2CCC(=O)NC2=O)c2ccc(F)c(N3CC(CN4CCN(CC5CCC(n6cc(NC(=O)c7cnn8ccc(N9C[C@H]%10C[C@@H]9CO%10)nc78)c(C(F)F)n6)CC5)CC4)C3)c21. The van der Waals surface area contributed by atoms with Gasteiger partial charge in [-0.3, -0.25) is 33.5 Å². The topological polar surface area (TPSA) is 172 Å². The fourth-order valence-electron chi connectivity index (χ4n) is 11.2. The molecule has 3 atom stereocenters. The number of carbonyl (C=O) groups is 3. The van der Waals surface area contributed by atoms with Crippen LogP contribution < -0.4 is 26.1 Å². The number of morpholine rings is 1. The molecule has 18 nitrogen and oxygen atoms in total. The maximum absolute atomic E-state index is 15.5. The van der Waals surface area contributed by atoms with E-state index < -0.39 is 41.5 Å². The minimum atomic E-state index is -2.87. The summed E-state index contributed by atoms with van der Waals surface area (Å²) in [5.41, 5.74) is 0.939. The highest BCUT2D eigenvalue weighted by molar-refractivity contribution is 6.08. The molecule has 1 unspecified atom stereocenters. The zero-order valence-electron chi connectivity index (χ0n) is 36.1. The van der Waals surface area contributed by atoms with Crippen molar-refractivity contribution in [2.75, 3.05) is 80.6 Å². The number of alkyl halides is 2. The summed E-state index contributed by atoms with van der Waals surface area (Å²) in [6.45, 7) is 8.28. The lowest BCUT2D eigenvalue weighted by Crippen LogP contribution is -2.55. The smallest absolute Gasteiger partial charge is 0.329 e. The van der Waals surface area contributed by atoms with Crippen molar-refractivity contribution in [3.8, 4) is 0 Å². The van der Waals surface area contributed by atoms with Crippen molar-refractivity contribution >= 4 is 51.6 Å². The van der Waals surface area contributed by atoms with Crippen LogP contribution in [0.4, 0.5) is 30.4 Å². The predicted molar refractivity (Wildman–Crippen MR) is 232 cm³/mol. The number of imidazole rings is 1. The molecule has 0 radical (unpaired) electrons. The number of carbonyl (C=O) groups excluding carboxylic acids is 3. The average molecular weight is 900 g/mol. The molecule has 9 heterocycles. The van der Waals surface area contributed by atoms with Crippen LogP contribution in [-0.4, -0.2) is 139 Å². The molecular weight excluding hydrogens is 848 g/mol. The summed E-state index contributed by atoms with van der Waals surface area (Å²) in [5.74, 6) is -0.335. The van der Waals surface area contributed by atoms with Crippen LogP contribution in [0.5, 0.6) is 0 Å². The number of aryl methyl sites for hydroxylation is 1. The van der Waals surface area contributed by atoms with E-state index in [0.29, 0.717) is 53.9 Å². The number of imide groups is 1. The minimum absolute atomic E-state index is 0.0117. The van der Waals surface area contributed by atoms with Gasteiger partial charge in [-0.1, -0.05) is 0 Å². The normalized spacial score (nSPS) is 25.6. The number of nitrogens with zero attached hydrogens (tertiary/aromatic N) is 11. The second kappa shape index (κ2) is 16.6. The summed E-state index contributed by atoms with van der Waals surface area (Å²) < 4.78 is 55.8. The second-order valence-corrected chi connectivity index (χ2v) is 18.8. The molecule has 21 heteroatoms. The molecular formula is C44H52F3N13O5. The standard InChI is InChI=1S/C44H52F3N13O5/c1-53-39-33(60(44(53)64)34-8-9-36(61)51-43(34)63)7-6-31(45)38(39)56-20-26(21-56)19-55-14-12-54(13-15-55)18-25-2-4-27(5-3-25)59-23-32(37(52-59)40(46)47)49-42(62)30-17-48-58-11-10-35(50-41(30)58)57-22-29-16-28(57)24-65-29/h6-7,10-11,17,23,25-29,34,40H,2-5,8-9,12-16,18-22,24H2,1H3,(H,49,62)(H,51,61,63)/t25?,27?,28-,29-,34?/m1/s1. The number of piperazine rings is 1. The van der Waals surface area contributed by atoms with Gasteiger partial charge in [0.05, 0.1) is 53.4 Å². The molecule has 65 heavy (non-hydrogen) atoms. The van der Waals surface area contributed by atoms with E-state index in [1.165, 1.54) is 38.2 Å². The molecule has 1 saturated carbocycles. The molecule has 11 rings (SSSR count). The van der Waals surface area contributed by atoms with E-state index in [4.69, 9.17) is 9.72 Å². The van der Waals surface area contributed by atoms with Gasteiger partial charge < -0.3 is 29.7 Å². The van der Waals surface area contributed by atoms with Crippen molar-refractivity contribution in [2.45, 2.75) is 75.6 Å². The zero-order chi connectivity index (χ0) is 44.7. The molecule has 2 bridgehead atoms. The van der Waals surface area contributed by atoms with Gasteiger partial charge in [-0.2, -0.15) is 10.2 Å². The first-order valence-electron chi connectivity index (χ1n) is 22.8. The summed E-state index contributed by atoms with van der Waals surface area (Å²) in [6.07, 6.45) is 6.78. The van der Waals surface area contributed by atoms with Crippen molar-refractivity contribution in [2.24, 2.45) is 18.9 Å². The summed E-state index contributed by atoms with van der Waals surface area (Å²) in [5, 5.41) is 13.6. The third-order valence-electron chi connectivity index (χ3n) is 14.7. The summed E-state index contributed by atoms with van der Waals surface area (Å²) >= 11 is 0. The Morgan fingerprint density at radius 2 is 1.71 bits per heavy atom. The van der Waals surface area contributed by atoms with E-state index in [9.17, 15) is 28.0 Å². The first-order chi connectivity index (χ1) is 31.4. The highest BCUT2D eigenvalue weighted by Gasteiger charge is 2.40. The van der Waals surface area contributed by atoms with E-state index >= 15 is 4.39 Å². The van der Waals surface area contributed by atoms with Crippen LogP contribution in [0.25, 0.3) is 16.7 Å². The molecule has 5 aliphatic heterocycles. The number of hydrogen-bond donors (Lipinski definition) is 2. The van der Waals surface area contributed by atoms with Gasteiger partial charge in [0.2, 0.25) is 11.8 Å². The molecule has 0 spiro atoms. The van der Waals surface area contributed by atoms with E-state index in [2.05, 4.69) is 35.5 Å². The van der Waals surface area contributed by atoms with Gasteiger partial charge in [0, 0.05) is 90.7 Å². The maximum atomic E-state index is 15.5. The zero-order valence-corrected chi connectivity index (χ0v) is 36.1. The molecule has 4 aromatic heterocycles. The number of anilines is 3. The maximum Gasteiger partial charge on any atom is 0.329 e. The number of hydrogen-bond acceptors (Lipinski definition) is 12. The second-order valence-electron chi connectivity index (χ2n) is 18.8. The fraction of sp³-hybridized carbons (Fsp3) is 0.568. The highest BCUT2D eigenvalue weighted by Crippen LogP contribution is 2.38. The highest BCUT2D eigenvalue weighted by atomic mass is 19.3. The Morgan fingerprint density at radius 3 is 2.40 bits per heavy atom. The predicted octanol–water partition coefficient (Wildman–Crippen LogP) is 3.35. The minimum Gasteiger partial charge on any atom is -0.374 e. The Labute approximate surface area is 371 Å². The van der Waals surface area contributed by atoms with Crippen molar-refractivity contribution in [3.05, 3.63) is 64.3 Å². The number of benzene rings is 1. The molecule has 1 aromatic carbocycles. The third kappa shape index (κ3) is 7.63. The van der Waals surface area contributed by atoms with Gasteiger partial charge in [-0.05, 0) is 62.6 Å². The Kier molecular flexibility index (Phi) is 10.7. The van der Waals surface area contributed by atoms with Crippen LogP contribution in [0.2, 0.25) is 0 Å². The number of rotatable bonds is 11. The summed E-state index contributed by atoms with van der Waals surface area (Å²) in [6, 6.07) is 4.10. The van der Waals surface area contributed by atoms with Gasteiger partial charge in [0.15, 0.2) is 11.3 Å². The molecule has 6 aliphatic rings. The van der Waals surface area contributed by atoms with Gasteiger partial charge in [-0.15, -0.1) is 0 Å². The number of amides is 3. The molecule has 5 saturated heterocycles. The van der Waals surface area contributed by atoms with Crippen LogP contribution in [0.1, 0.15) is 79.5 Å². The number of fused-ring (bicyclic) bond motifs is 4. The van der Waals surface area contributed by atoms with Crippen LogP contribution in [0, 0.1) is 17.7 Å². The summed E-state index contributed by atoms with van der Waals surface area (Å²) in [7, 11) is 1.59. The Morgan fingerprint density at radius 1 is 0.954 bits per heavy atom. The van der Waals surface area contributed by atoms with Crippen molar-refractivity contribution in [1.82, 2.24) is 48.6 Å². The quantitative estimate of drug-likeness (QED) is 0.186. The van der Waals surface area contributed by atoms with Gasteiger partial charge in [-0.25, -0.2) is 27.5 Å². The molecule has 1 aliphatic carbocycles. The Bertz CT molecular complexity index is 2730. The van der Waals surface area contributed by atoms with E-state index in [0.717, 1.165) is 83.7 Å². The van der Waals surface area contributed by atoms with Crippen LogP contribution in [-0.2, 0) is 21.4 Å². The monoisotopic (exact) mass is 899 g/mol. The van der Waals surface area contributed by atoms with Gasteiger partial charge in [0.25, 0.3) is 12.3 Å². The van der Waals surface area contributed by atoms with Gasteiger partial charge in [0.1, 0.15) is 23.2 Å². The first-order valence-corrected chi connectivity index (χ1v) is 22.8. The van der Waals surface area contributed by atoms with Gasteiger partial charge >= 0.3 is 5.69 Å². The largest absolute Gasteiger partial charge is 0.374 e. The van der Waals surface area contributed by atoms with E-state index in [1.54, 1.807) is 17.9 Å².